The second kappa shape index (κ2) is 3.69. The molecule has 1 heterocycles. The Morgan fingerprint density at radius 1 is 1.37 bits per heavy atom. The van der Waals surface area contributed by atoms with Crippen LogP contribution in [-0.4, -0.2) is 28.6 Å². The van der Waals surface area contributed by atoms with E-state index in [1.54, 1.807) is 13.0 Å². The summed E-state index contributed by atoms with van der Waals surface area (Å²) >= 11 is 0. The number of ether oxygens (including phenoxy) is 1. The third kappa shape index (κ3) is 1.55. The summed E-state index contributed by atoms with van der Waals surface area (Å²) in [6.45, 7) is 5.48. The lowest BCUT2D eigenvalue weighted by Gasteiger charge is -2.52. The van der Waals surface area contributed by atoms with Crippen molar-refractivity contribution in [2.75, 3.05) is 0 Å². The van der Waals surface area contributed by atoms with Gasteiger partial charge in [-0.15, -0.1) is 0 Å². The number of fused-ring (bicyclic) bond motifs is 3. The van der Waals surface area contributed by atoms with Crippen LogP contribution in [0.2, 0.25) is 0 Å². The molecule has 1 aliphatic heterocycles. The normalized spacial score (nSPS) is 52.6. The Kier molecular flexibility index (Phi) is 2.50. The first-order chi connectivity index (χ1) is 8.77. The summed E-state index contributed by atoms with van der Waals surface area (Å²) in [4.78, 5) is 24.1. The van der Waals surface area contributed by atoms with Crippen molar-refractivity contribution in [3.8, 4) is 0 Å². The van der Waals surface area contributed by atoms with Gasteiger partial charge in [-0.05, 0) is 31.9 Å². The van der Waals surface area contributed by atoms with Gasteiger partial charge in [0.05, 0.1) is 11.5 Å². The Bertz CT molecular complexity index is 479. The topological polar surface area (TPSA) is 63.6 Å². The molecule has 6 atom stereocenters. The van der Waals surface area contributed by atoms with Crippen LogP contribution in [0.25, 0.3) is 0 Å². The molecule has 19 heavy (non-hydrogen) atoms. The molecule has 104 valence electrons. The van der Waals surface area contributed by atoms with Gasteiger partial charge < -0.3 is 9.84 Å². The van der Waals surface area contributed by atoms with Crippen LogP contribution >= 0.6 is 0 Å². The Balaban J connectivity index is 2.07. The average molecular weight is 264 g/mol. The van der Waals surface area contributed by atoms with Crippen LogP contribution in [0.1, 0.15) is 33.6 Å². The van der Waals surface area contributed by atoms with Gasteiger partial charge in [0.2, 0.25) is 0 Å². The first-order valence-electron chi connectivity index (χ1n) is 6.94. The molecule has 0 amide bonds. The molecule has 1 N–H and O–H groups in total. The Morgan fingerprint density at radius 2 is 2.05 bits per heavy atom. The third-order valence-electron chi connectivity index (χ3n) is 5.46. The van der Waals surface area contributed by atoms with Crippen LogP contribution < -0.4 is 0 Å². The van der Waals surface area contributed by atoms with Crippen LogP contribution in [-0.2, 0) is 14.3 Å². The van der Waals surface area contributed by atoms with E-state index in [4.69, 9.17) is 4.74 Å². The number of carbonyl (C=O) groups excluding carboxylic acids is 2. The highest BCUT2D eigenvalue weighted by atomic mass is 16.6. The third-order valence-corrected chi connectivity index (χ3v) is 5.46. The van der Waals surface area contributed by atoms with Crippen molar-refractivity contribution in [3.63, 3.8) is 0 Å². The van der Waals surface area contributed by atoms with E-state index in [1.165, 1.54) is 6.08 Å². The van der Waals surface area contributed by atoms with Crippen molar-refractivity contribution < 1.29 is 19.4 Å². The van der Waals surface area contributed by atoms with E-state index in [9.17, 15) is 14.7 Å². The maximum atomic E-state index is 12.3. The second-order valence-corrected chi connectivity index (χ2v) is 6.71. The van der Waals surface area contributed by atoms with Gasteiger partial charge in [0.1, 0.15) is 6.10 Å². The molecule has 0 aromatic rings. The predicted octanol–water partition coefficient (Wildman–Crippen LogP) is 1.47. The zero-order valence-corrected chi connectivity index (χ0v) is 11.6. The van der Waals surface area contributed by atoms with E-state index in [0.29, 0.717) is 6.42 Å². The van der Waals surface area contributed by atoms with Crippen LogP contribution in [0.3, 0.4) is 0 Å². The van der Waals surface area contributed by atoms with Gasteiger partial charge >= 0.3 is 5.97 Å². The fourth-order valence-corrected chi connectivity index (χ4v) is 4.29. The first-order valence-corrected chi connectivity index (χ1v) is 6.94. The first kappa shape index (κ1) is 12.9. The molecule has 1 saturated carbocycles. The fourth-order valence-electron chi connectivity index (χ4n) is 4.29. The van der Waals surface area contributed by atoms with E-state index < -0.39 is 11.0 Å². The predicted molar refractivity (Wildman–Crippen MR) is 68.1 cm³/mol. The summed E-state index contributed by atoms with van der Waals surface area (Å²) in [5.74, 6) is -0.511. The summed E-state index contributed by atoms with van der Waals surface area (Å²) in [6.07, 6.45) is 4.21. The summed E-state index contributed by atoms with van der Waals surface area (Å²) in [5, 5.41) is 10.6. The quantitative estimate of drug-likeness (QED) is 0.673. The summed E-state index contributed by atoms with van der Waals surface area (Å²) in [6, 6.07) is 0. The number of hydrogen-bond acceptors (Lipinski definition) is 4. The van der Waals surface area contributed by atoms with Gasteiger partial charge in [-0.2, -0.15) is 0 Å². The van der Waals surface area contributed by atoms with Crippen molar-refractivity contribution >= 4 is 11.8 Å². The Morgan fingerprint density at radius 3 is 2.74 bits per heavy atom. The standard InChI is InChI=1S/C15H20O4/c1-8-9-4-6-14(2)10(16)5-7-15(3,18)12(14)11(9)19-13(8)17/h5,7-9,11-12,18H,4,6H2,1-3H3/t8-,9-,11-,12-,14-,15+/m0/s1. The van der Waals surface area contributed by atoms with Gasteiger partial charge in [-0.3, -0.25) is 9.59 Å². The van der Waals surface area contributed by atoms with Crippen molar-refractivity contribution in [1.29, 1.82) is 0 Å². The molecule has 0 aromatic carbocycles. The van der Waals surface area contributed by atoms with Crippen molar-refractivity contribution in [2.24, 2.45) is 23.2 Å². The Labute approximate surface area is 112 Å². The maximum absolute atomic E-state index is 12.3. The molecule has 0 unspecified atom stereocenters. The molecule has 3 aliphatic rings. The van der Waals surface area contributed by atoms with Crippen LogP contribution in [0, 0.1) is 23.2 Å². The molecule has 4 heteroatoms. The van der Waals surface area contributed by atoms with Gasteiger partial charge in [0.25, 0.3) is 0 Å². The zero-order chi connectivity index (χ0) is 14.0. The SMILES string of the molecule is C[C@@H]1C(=O)O[C@H]2[C@H]1CC[C@@]1(C)C(=O)C=C[C@@](C)(O)[C@@H]21. The zero-order valence-electron chi connectivity index (χ0n) is 11.6. The van der Waals surface area contributed by atoms with Gasteiger partial charge in [0, 0.05) is 17.3 Å². The minimum absolute atomic E-state index is 0.0399. The van der Waals surface area contributed by atoms with Crippen LogP contribution in [0.5, 0.6) is 0 Å². The number of aliphatic hydroxyl groups is 1. The summed E-state index contributed by atoms with van der Waals surface area (Å²) in [5.41, 5.74) is -1.72. The molecule has 0 spiro atoms. The highest BCUT2D eigenvalue weighted by Crippen LogP contribution is 2.56. The molecular formula is C15H20O4. The Hall–Kier alpha value is -1.16. The highest BCUT2D eigenvalue weighted by Gasteiger charge is 2.62. The molecule has 0 bridgehead atoms. The molecular weight excluding hydrogens is 244 g/mol. The number of allylic oxidation sites excluding steroid dienone is 1. The minimum Gasteiger partial charge on any atom is -0.461 e. The van der Waals surface area contributed by atoms with E-state index in [1.807, 2.05) is 13.8 Å². The smallest absolute Gasteiger partial charge is 0.309 e. The minimum atomic E-state index is -1.10. The van der Waals surface area contributed by atoms with Gasteiger partial charge in [-0.25, -0.2) is 0 Å². The van der Waals surface area contributed by atoms with Crippen LogP contribution in [0.4, 0.5) is 0 Å². The van der Waals surface area contributed by atoms with E-state index in [0.717, 1.165) is 6.42 Å². The second-order valence-electron chi connectivity index (χ2n) is 6.71. The number of ketones is 1. The van der Waals surface area contributed by atoms with Crippen molar-refractivity contribution in [1.82, 2.24) is 0 Å². The molecule has 0 aromatic heterocycles. The van der Waals surface area contributed by atoms with E-state index in [-0.39, 0.29) is 35.6 Å². The van der Waals surface area contributed by atoms with Crippen molar-refractivity contribution in [2.45, 2.75) is 45.3 Å². The fraction of sp³-hybridized carbons (Fsp3) is 0.733. The monoisotopic (exact) mass is 264 g/mol. The summed E-state index contributed by atoms with van der Waals surface area (Å²) < 4.78 is 5.51. The molecule has 3 rings (SSSR count). The molecule has 4 nitrogen and oxygen atoms in total. The van der Waals surface area contributed by atoms with E-state index >= 15 is 0 Å². The van der Waals surface area contributed by atoms with Crippen molar-refractivity contribution in [3.05, 3.63) is 12.2 Å². The van der Waals surface area contributed by atoms with Gasteiger partial charge in [-0.1, -0.05) is 13.8 Å². The molecule has 0 radical (unpaired) electrons. The lowest BCUT2D eigenvalue weighted by molar-refractivity contribution is -0.167. The molecule has 2 fully saturated rings. The maximum Gasteiger partial charge on any atom is 0.309 e. The van der Waals surface area contributed by atoms with Gasteiger partial charge in [0.15, 0.2) is 5.78 Å². The molecule has 1 saturated heterocycles. The van der Waals surface area contributed by atoms with Crippen LogP contribution in [0.15, 0.2) is 12.2 Å². The average Bonchev–Trinajstić information content (AvgIpc) is 2.60. The number of rotatable bonds is 0. The number of carbonyl (C=O) groups is 2. The summed E-state index contributed by atoms with van der Waals surface area (Å²) in [7, 11) is 0. The van der Waals surface area contributed by atoms with E-state index in [2.05, 4.69) is 0 Å². The lowest BCUT2D eigenvalue weighted by Crippen LogP contribution is -2.59. The number of hydrogen-bond donors (Lipinski definition) is 1. The lowest BCUT2D eigenvalue weighted by atomic mass is 9.53. The largest absolute Gasteiger partial charge is 0.461 e. The number of esters is 1. The highest BCUT2D eigenvalue weighted by molar-refractivity contribution is 5.96. The molecule has 2 aliphatic carbocycles.